The number of anilines is 1. The summed E-state index contributed by atoms with van der Waals surface area (Å²) in [5.41, 5.74) is 1.74. The Bertz CT molecular complexity index is 1270. The number of hydrogen-bond acceptors (Lipinski definition) is 7. The normalized spacial score (nSPS) is 15.2. The maximum Gasteiger partial charge on any atom is 0.258 e. The van der Waals surface area contributed by atoms with E-state index in [4.69, 9.17) is 4.74 Å². The van der Waals surface area contributed by atoms with Crippen molar-refractivity contribution in [2.75, 3.05) is 31.2 Å². The average molecular weight is 449 g/mol. The molecule has 0 amide bonds. The molecule has 1 fully saturated rings. The summed E-state index contributed by atoms with van der Waals surface area (Å²) in [6, 6.07) is 17.7. The SMILES string of the molecule is C[C@H](Sc1nnc(N2CCOCC2)n1Cc1ccccc1)c1nc2ccccc2c(=O)[nH]1. The number of nitrogens with zero attached hydrogens (tertiary/aromatic N) is 5. The van der Waals surface area contributed by atoms with Crippen molar-refractivity contribution in [3.8, 4) is 0 Å². The number of nitrogens with one attached hydrogen (secondary N) is 1. The molecule has 3 heterocycles. The molecule has 5 rings (SSSR count). The van der Waals surface area contributed by atoms with Crippen LogP contribution in [0.4, 0.5) is 5.95 Å². The molecule has 2 aromatic heterocycles. The first-order valence-corrected chi connectivity index (χ1v) is 11.5. The molecule has 1 aliphatic rings. The quantitative estimate of drug-likeness (QED) is 0.453. The second-order valence-corrected chi connectivity index (χ2v) is 8.99. The van der Waals surface area contributed by atoms with Gasteiger partial charge in [-0.15, -0.1) is 10.2 Å². The number of thioether (sulfide) groups is 1. The molecule has 0 unspecified atom stereocenters. The van der Waals surface area contributed by atoms with Crippen LogP contribution in [-0.4, -0.2) is 51.0 Å². The van der Waals surface area contributed by atoms with Gasteiger partial charge < -0.3 is 14.6 Å². The van der Waals surface area contributed by atoms with Gasteiger partial charge in [0.1, 0.15) is 5.82 Å². The third kappa shape index (κ3) is 4.26. The van der Waals surface area contributed by atoms with Gasteiger partial charge in [-0.3, -0.25) is 9.36 Å². The molecular formula is C23H24N6O2S. The van der Waals surface area contributed by atoms with E-state index in [1.165, 1.54) is 5.56 Å². The Labute approximate surface area is 189 Å². The summed E-state index contributed by atoms with van der Waals surface area (Å²) in [5.74, 6) is 1.47. The van der Waals surface area contributed by atoms with Gasteiger partial charge in [0.2, 0.25) is 5.95 Å². The van der Waals surface area contributed by atoms with Gasteiger partial charge >= 0.3 is 0 Å². The first kappa shape index (κ1) is 20.7. The summed E-state index contributed by atoms with van der Waals surface area (Å²) in [5, 5.41) is 10.3. The zero-order chi connectivity index (χ0) is 21.9. The second kappa shape index (κ2) is 9.13. The van der Waals surface area contributed by atoms with E-state index in [1.54, 1.807) is 17.8 Å². The number of benzene rings is 2. The van der Waals surface area contributed by atoms with Crippen LogP contribution in [0.25, 0.3) is 10.9 Å². The second-order valence-electron chi connectivity index (χ2n) is 7.68. The Balaban J connectivity index is 1.47. The predicted octanol–water partition coefficient (Wildman–Crippen LogP) is 3.25. The number of aromatic nitrogens is 5. The molecule has 1 atom stereocenters. The Kier molecular flexibility index (Phi) is 5.91. The lowest BCUT2D eigenvalue weighted by Crippen LogP contribution is -2.38. The van der Waals surface area contributed by atoms with Crippen molar-refractivity contribution < 1.29 is 4.74 Å². The number of para-hydroxylation sites is 1. The maximum absolute atomic E-state index is 12.5. The van der Waals surface area contributed by atoms with E-state index in [0.29, 0.717) is 36.5 Å². The predicted molar refractivity (Wildman–Crippen MR) is 125 cm³/mol. The van der Waals surface area contributed by atoms with E-state index in [0.717, 1.165) is 24.2 Å². The smallest absolute Gasteiger partial charge is 0.258 e. The molecule has 1 N–H and O–H groups in total. The topological polar surface area (TPSA) is 88.9 Å². The highest BCUT2D eigenvalue weighted by molar-refractivity contribution is 7.99. The first-order valence-electron chi connectivity index (χ1n) is 10.6. The number of morpholine rings is 1. The largest absolute Gasteiger partial charge is 0.378 e. The van der Waals surface area contributed by atoms with Crippen molar-refractivity contribution >= 4 is 28.6 Å². The Hall–Kier alpha value is -3.17. The zero-order valence-corrected chi connectivity index (χ0v) is 18.6. The Morgan fingerprint density at radius 1 is 1.06 bits per heavy atom. The van der Waals surface area contributed by atoms with Crippen LogP contribution in [0.3, 0.4) is 0 Å². The van der Waals surface area contributed by atoms with Crippen LogP contribution >= 0.6 is 11.8 Å². The van der Waals surface area contributed by atoms with Crippen LogP contribution in [-0.2, 0) is 11.3 Å². The highest BCUT2D eigenvalue weighted by Crippen LogP contribution is 2.34. The fraction of sp³-hybridized carbons (Fsp3) is 0.304. The molecule has 8 nitrogen and oxygen atoms in total. The minimum atomic E-state index is -0.127. The van der Waals surface area contributed by atoms with Gasteiger partial charge in [-0.05, 0) is 24.6 Å². The summed E-state index contributed by atoms with van der Waals surface area (Å²) >= 11 is 1.54. The number of fused-ring (bicyclic) bond motifs is 1. The van der Waals surface area contributed by atoms with Gasteiger partial charge in [-0.2, -0.15) is 0 Å². The Morgan fingerprint density at radius 2 is 1.81 bits per heavy atom. The van der Waals surface area contributed by atoms with Gasteiger partial charge in [0, 0.05) is 13.1 Å². The van der Waals surface area contributed by atoms with E-state index in [1.807, 2.05) is 43.3 Å². The van der Waals surface area contributed by atoms with Crippen LogP contribution in [0.1, 0.15) is 23.6 Å². The lowest BCUT2D eigenvalue weighted by molar-refractivity contribution is 0.121. The van der Waals surface area contributed by atoms with Gasteiger partial charge in [-0.1, -0.05) is 54.2 Å². The molecule has 164 valence electrons. The molecule has 0 radical (unpaired) electrons. The van der Waals surface area contributed by atoms with E-state index in [2.05, 4.69) is 41.8 Å². The zero-order valence-electron chi connectivity index (χ0n) is 17.8. The molecule has 0 spiro atoms. The molecular weight excluding hydrogens is 424 g/mol. The van der Waals surface area contributed by atoms with E-state index >= 15 is 0 Å². The minimum absolute atomic E-state index is 0.108. The number of hydrogen-bond donors (Lipinski definition) is 1. The van der Waals surface area contributed by atoms with Crippen LogP contribution in [0, 0.1) is 0 Å². The fourth-order valence-electron chi connectivity index (χ4n) is 3.78. The molecule has 2 aromatic carbocycles. The highest BCUT2D eigenvalue weighted by atomic mass is 32.2. The average Bonchev–Trinajstić information content (AvgIpc) is 3.22. The van der Waals surface area contributed by atoms with Crippen molar-refractivity contribution in [2.24, 2.45) is 0 Å². The van der Waals surface area contributed by atoms with E-state index < -0.39 is 0 Å². The van der Waals surface area contributed by atoms with Crippen molar-refractivity contribution in [3.63, 3.8) is 0 Å². The molecule has 9 heteroatoms. The number of rotatable bonds is 6. The van der Waals surface area contributed by atoms with Gasteiger partial charge in [0.25, 0.3) is 5.56 Å². The number of aromatic amines is 1. The van der Waals surface area contributed by atoms with Crippen molar-refractivity contribution in [1.29, 1.82) is 0 Å². The highest BCUT2D eigenvalue weighted by Gasteiger charge is 2.23. The van der Waals surface area contributed by atoms with Crippen LogP contribution < -0.4 is 10.5 Å². The number of H-pyrrole nitrogens is 1. The van der Waals surface area contributed by atoms with Gasteiger partial charge in [0.15, 0.2) is 5.16 Å². The van der Waals surface area contributed by atoms with Crippen LogP contribution in [0.2, 0.25) is 0 Å². The molecule has 4 aromatic rings. The number of ether oxygens (including phenoxy) is 1. The maximum atomic E-state index is 12.5. The lowest BCUT2D eigenvalue weighted by Gasteiger charge is -2.28. The fourth-order valence-corrected chi connectivity index (χ4v) is 4.68. The third-order valence-corrected chi connectivity index (χ3v) is 6.56. The van der Waals surface area contributed by atoms with Crippen LogP contribution in [0.5, 0.6) is 0 Å². The van der Waals surface area contributed by atoms with Gasteiger partial charge in [-0.25, -0.2) is 4.98 Å². The van der Waals surface area contributed by atoms with Crippen molar-refractivity contribution in [2.45, 2.75) is 23.9 Å². The summed E-state index contributed by atoms with van der Waals surface area (Å²) < 4.78 is 7.65. The van der Waals surface area contributed by atoms with E-state index in [-0.39, 0.29) is 10.8 Å². The molecule has 32 heavy (non-hydrogen) atoms. The van der Waals surface area contributed by atoms with Crippen molar-refractivity contribution in [1.82, 2.24) is 24.7 Å². The third-order valence-electron chi connectivity index (χ3n) is 5.47. The van der Waals surface area contributed by atoms with E-state index in [9.17, 15) is 4.79 Å². The lowest BCUT2D eigenvalue weighted by atomic mass is 10.2. The molecule has 1 saturated heterocycles. The molecule has 0 saturated carbocycles. The van der Waals surface area contributed by atoms with Crippen LogP contribution in [0.15, 0.2) is 64.5 Å². The summed E-state index contributed by atoms with van der Waals surface area (Å²) in [7, 11) is 0. The van der Waals surface area contributed by atoms with Crippen molar-refractivity contribution in [3.05, 3.63) is 76.3 Å². The first-order chi connectivity index (χ1) is 15.7. The summed E-state index contributed by atoms with van der Waals surface area (Å²) in [4.78, 5) is 22.4. The summed E-state index contributed by atoms with van der Waals surface area (Å²) in [6.07, 6.45) is 0. The standard InChI is InChI=1S/C23H24N6O2S/c1-16(20-24-19-10-6-5-9-18(19)21(30)25-20)32-23-27-26-22(28-11-13-31-14-12-28)29(23)15-17-7-3-2-4-8-17/h2-10,16H,11-15H2,1H3,(H,24,25,30)/t16-/m0/s1. The Morgan fingerprint density at radius 3 is 2.62 bits per heavy atom. The minimum Gasteiger partial charge on any atom is -0.378 e. The summed E-state index contributed by atoms with van der Waals surface area (Å²) in [6.45, 7) is 5.61. The van der Waals surface area contributed by atoms with Gasteiger partial charge in [0.05, 0.1) is 35.9 Å². The molecule has 1 aliphatic heterocycles. The molecule has 0 bridgehead atoms. The monoisotopic (exact) mass is 448 g/mol. The molecule has 0 aliphatic carbocycles.